The average molecular weight is 469 g/mol. The smallest absolute Gasteiger partial charge is 0.263 e. The fraction of sp³-hybridized carbons (Fsp3) is 0.350. The van der Waals surface area contributed by atoms with Gasteiger partial charge in [0.05, 0.1) is 36.2 Å². The molecule has 0 aliphatic carbocycles. The van der Waals surface area contributed by atoms with Crippen molar-refractivity contribution in [2.24, 2.45) is 0 Å². The van der Waals surface area contributed by atoms with Gasteiger partial charge in [0, 0.05) is 12.1 Å². The molecule has 1 aliphatic rings. The van der Waals surface area contributed by atoms with E-state index >= 15 is 0 Å². The molecule has 2 aromatic carbocycles. The summed E-state index contributed by atoms with van der Waals surface area (Å²) < 4.78 is 61.2. The molecule has 0 saturated carbocycles. The number of ether oxygens (including phenoxy) is 2. The Balaban J connectivity index is 1.86. The first kappa shape index (κ1) is 22.9. The van der Waals surface area contributed by atoms with Gasteiger partial charge in [0.15, 0.2) is 15.9 Å². The lowest BCUT2D eigenvalue weighted by Gasteiger charge is -2.34. The molecule has 0 bridgehead atoms. The summed E-state index contributed by atoms with van der Waals surface area (Å²) in [6.45, 7) is 1.39. The van der Waals surface area contributed by atoms with Gasteiger partial charge in [-0.15, -0.1) is 0 Å². The maximum absolute atomic E-state index is 12.7. The zero-order valence-electron chi connectivity index (χ0n) is 17.4. The molecule has 0 fully saturated rings. The van der Waals surface area contributed by atoms with Crippen molar-refractivity contribution in [2.45, 2.75) is 24.5 Å². The van der Waals surface area contributed by atoms with Crippen molar-refractivity contribution in [3.8, 4) is 11.5 Å². The van der Waals surface area contributed by atoms with Gasteiger partial charge in [-0.3, -0.25) is 9.10 Å². The number of carbonyl (C=O) groups is 1. The van der Waals surface area contributed by atoms with Crippen molar-refractivity contribution < 1.29 is 31.1 Å². The maximum atomic E-state index is 12.7. The summed E-state index contributed by atoms with van der Waals surface area (Å²) in [5, 5.41) is 2.73. The first-order chi connectivity index (χ1) is 14.6. The zero-order chi connectivity index (χ0) is 22.8. The van der Waals surface area contributed by atoms with Crippen molar-refractivity contribution >= 4 is 31.5 Å². The van der Waals surface area contributed by atoms with Crippen molar-refractivity contribution in [2.75, 3.05) is 30.0 Å². The highest BCUT2D eigenvalue weighted by Gasteiger charge is 2.35. The highest BCUT2D eigenvalue weighted by Crippen LogP contribution is 2.37. The Morgan fingerprint density at radius 2 is 1.90 bits per heavy atom. The van der Waals surface area contributed by atoms with E-state index in [1.54, 1.807) is 12.1 Å². The highest BCUT2D eigenvalue weighted by atomic mass is 32.2. The van der Waals surface area contributed by atoms with Crippen LogP contribution in [0.1, 0.15) is 12.5 Å². The van der Waals surface area contributed by atoms with E-state index in [1.807, 2.05) is 12.1 Å². The molecule has 1 aliphatic heterocycles. The minimum absolute atomic E-state index is 0.00919. The Hall–Kier alpha value is -2.79. The summed E-state index contributed by atoms with van der Waals surface area (Å²) in [6, 6.07) is 11.2. The van der Waals surface area contributed by atoms with E-state index in [2.05, 4.69) is 5.32 Å². The summed E-state index contributed by atoms with van der Waals surface area (Å²) in [5.41, 5.74) is 0.842. The number of benzene rings is 2. The summed E-state index contributed by atoms with van der Waals surface area (Å²) in [7, 11) is -5.81. The van der Waals surface area contributed by atoms with Gasteiger partial charge in [-0.1, -0.05) is 25.1 Å². The molecule has 0 unspecified atom stereocenters. The monoisotopic (exact) mass is 468 g/mol. The van der Waals surface area contributed by atoms with Crippen molar-refractivity contribution in [1.29, 1.82) is 0 Å². The number of sulfone groups is 1. The molecule has 0 radical (unpaired) electrons. The number of fused-ring (bicyclic) bond motifs is 1. The van der Waals surface area contributed by atoms with Crippen molar-refractivity contribution in [1.82, 2.24) is 5.32 Å². The molecule has 9 nitrogen and oxygen atoms in total. The van der Waals surface area contributed by atoms with Crippen LogP contribution in [0.15, 0.2) is 47.4 Å². The van der Waals surface area contributed by atoms with E-state index in [-0.39, 0.29) is 35.2 Å². The van der Waals surface area contributed by atoms with Crippen LogP contribution in [-0.4, -0.2) is 54.5 Å². The molecular formula is C20H24N2O7S2. The lowest BCUT2D eigenvalue weighted by atomic mass is 10.2. The fourth-order valence-electron chi connectivity index (χ4n) is 3.19. The Labute approximate surface area is 181 Å². The van der Waals surface area contributed by atoms with Crippen molar-refractivity contribution in [3.63, 3.8) is 0 Å². The molecule has 0 saturated heterocycles. The predicted octanol–water partition coefficient (Wildman–Crippen LogP) is 1.33. The van der Waals surface area contributed by atoms with Gasteiger partial charge < -0.3 is 14.8 Å². The van der Waals surface area contributed by atoms with E-state index in [0.717, 1.165) is 16.1 Å². The molecule has 168 valence electrons. The van der Waals surface area contributed by atoms with E-state index in [1.165, 1.54) is 32.2 Å². The van der Waals surface area contributed by atoms with Gasteiger partial charge in [-0.25, -0.2) is 16.8 Å². The number of hydrogen-bond acceptors (Lipinski definition) is 7. The molecule has 31 heavy (non-hydrogen) atoms. The second-order valence-corrected chi connectivity index (χ2v) is 11.1. The topological polar surface area (TPSA) is 119 Å². The van der Waals surface area contributed by atoms with Crippen LogP contribution < -0.4 is 19.1 Å². The van der Waals surface area contributed by atoms with Crippen LogP contribution in [0.3, 0.4) is 0 Å². The van der Waals surface area contributed by atoms with Gasteiger partial charge in [-0.2, -0.15) is 0 Å². The van der Waals surface area contributed by atoms with E-state index < -0.39 is 31.9 Å². The number of rotatable bonds is 7. The minimum atomic E-state index is -3.79. The molecule has 2 aromatic rings. The zero-order valence-corrected chi connectivity index (χ0v) is 19.0. The van der Waals surface area contributed by atoms with Gasteiger partial charge in [0.25, 0.3) is 5.91 Å². The summed E-state index contributed by atoms with van der Waals surface area (Å²) in [5.74, 6) is 0.0965. The molecule has 0 spiro atoms. The molecule has 1 N–H and O–H groups in total. The van der Waals surface area contributed by atoms with Crippen LogP contribution in [0.25, 0.3) is 0 Å². The van der Waals surface area contributed by atoms with Gasteiger partial charge in [0.2, 0.25) is 10.0 Å². The van der Waals surface area contributed by atoms with E-state index in [9.17, 15) is 21.6 Å². The second-order valence-electron chi connectivity index (χ2n) is 6.96. The van der Waals surface area contributed by atoms with Gasteiger partial charge in [-0.05, 0) is 24.3 Å². The molecular weight excluding hydrogens is 444 g/mol. The Morgan fingerprint density at radius 3 is 2.55 bits per heavy atom. The molecule has 11 heteroatoms. The molecule has 1 amide bonds. The predicted molar refractivity (Wildman–Crippen MR) is 116 cm³/mol. The quantitative estimate of drug-likeness (QED) is 0.651. The van der Waals surface area contributed by atoms with Crippen LogP contribution in [-0.2, 0) is 31.2 Å². The molecule has 1 atom stereocenters. The summed E-state index contributed by atoms with van der Waals surface area (Å²) >= 11 is 0. The lowest BCUT2D eigenvalue weighted by molar-refractivity contribution is -0.127. The summed E-state index contributed by atoms with van der Waals surface area (Å²) in [6.07, 6.45) is -0.113. The Morgan fingerprint density at radius 1 is 1.19 bits per heavy atom. The van der Waals surface area contributed by atoms with Crippen LogP contribution in [0, 0.1) is 0 Å². The van der Waals surface area contributed by atoms with Crippen LogP contribution >= 0.6 is 0 Å². The Bertz CT molecular complexity index is 1190. The third-order valence-corrected chi connectivity index (χ3v) is 7.76. The number of methoxy groups -OCH3 is 1. The number of nitrogens with zero attached hydrogens (tertiary/aromatic N) is 1. The third kappa shape index (κ3) is 4.93. The highest BCUT2D eigenvalue weighted by molar-refractivity contribution is 7.92. The van der Waals surface area contributed by atoms with Crippen LogP contribution in [0.5, 0.6) is 11.5 Å². The first-order valence-electron chi connectivity index (χ1n) is 9.47. The average Bonchev–Trinajstić information content (AvgIpc) is 2.75. The number of sulfonamides is 1. The summed E-state index contributed by atoms with van der Waals surface area (Å²) in [4.78, 5) is 12.7. The standard InChI is InChI=1S/C20H24N2O7S2/c1-4-31(26,27)15-9-10-18-16(11-15)22(30(3,24)25)13-19(29-18)20(23)21-12-14-7-5-6-8-17(14)28-2/h5-11,19H,4,12-13H2,1-3H3,(H,21,23)/t19-/m0/s1. The van der Waals surface area contributed by atoms with Gasteiger partial charge in [0.1, 0.15) is 11.5 Å². The lowest BCUT2D eigenvalue weighted by Crippen LogP contribution is -2.50. The third-order valence-electron chi connectivity index (χ3n) is 4.88. The Kier molecular flexibility index (Phi) is 6.46. The number of nitrogens with one attached hydrogen (secondary N) is 1. The normalized spacial score (nSPS) is 16.2. The second kappa shape index (κ2) is 8.75. The van der Waals surface area contributed by atoms with Gasteiger partial charge >= 0.3 is 0 Å². The SMILES string of the molecule is CCS(=O)(=O)c1ccc2c(c1)N(S(C)(=O)=O)C[C@@H](C(=O)NCc1ccccc1OC)O2. The largest absolute Gasteiger partial charge is 0.496 e. The fourth-order valence-corrected chi connectivity index (χ4v) is 4.99. The first-order valence-corrected chi connectivity index (χ1v) is 13.0. The number of carbonyl (C=O) groups excluding carboxylic acids is 1. The maximum Gasteiger partial charge on any atom is 0.263 e. The van der Waals surface area contributed by atoms with Crippen molar-refractivity contribution in [3.05, 3.63) is 48.0 Å². The number of para-hydroxylation sites is 1. The number of amides is 1. The number of hydrogen-bond donors (Lipinski definition) is 1. The molecule has 3 rings (SSSR count). The molecule has 1 heterocycles. The van der Waals surface area contributed by atoms with E-state index in [4.69, 9.17) is 9.47 Å². The number of anilines is 1. The minimum Gasteiger partial charge on any atom is -0.496 e. The van der Waals surface area contributed by atoms with Crippen LogP contribution in [0.2, 0.25) is 0 Å². The van der Waals surface area contributed by atoms with E-state index in [0.29, 0.717) is 5.75 Å². The molecule has 0 aromatic heterocycles. The van der Waals surface area contributed by atoms with Crippen LogP contribution in [0.4, 0.5) is 5.69 Å².